The lowest BCUT2D eigenvalue weighted by molar-refractivity contribution is 0.0383. The Morgan fingerprint density at radius 2 is 2.14 bits per heavy atom. The van der Waals surface area contributed by atoms with Crippen molar-refractivity contribution >= 4 is 33.1 Å². The van der Waals surface area contributed by atoms with E-state index in [4.69, 9.17) is 9.72 Å². The third-order valence-corrected chi connectivity index (χ3v) is 7.10. The molecular formula is C20H26N6O2S. The van der Waals surface area contributed by atoms with Crippen molar-refractivity contribution in [3.8, 4) is 0 Å². The Bertz CT molecular complexity index is 1070. The molecule has 1 amide bonds. The first-order valence-electron chi connectivity index (χ1n) is 10.4. The quantitative estimate of drug-likeness (QED) is 0.701. The van der Waals surface area contributed by atoms with Gasteiger partial charge < -0.3 is 10.1 Å². The van der Waals surface area contributed by atoms with Gasteiger partial charge in [0.1, 0.15) is 10.7 Å². The molecule has 29 heavy (non-hydrogen) atoms. The molecule has 154 valence electrons. The van der Waals surface area contributed by atoms with Gasteiger partial charge in [0.05, 0.1) is 18.6 Å². The van der Waals surface area contributed by atoms with Gasteiger partial charge >= 0.3 is 0 Å². The summed E-state index contributed by atoms with van der Waals surface area (Å²) in [6.45, 7) is 8.93. The number of aryl methyl sites for hydroxylation is 2. The Kier molecular flexibility index (Phi) is 4.97. The predicted octanol–water partition coefficient (Wildman–Crippen LogP) is 1.83. The lowest BCUT2D eigenvalue weighted by atomic mass is 9.89. The monoisotopic (exact) mass is 414 g/mol. The number of amides is 1. The molecule has 0 bridgehead atoms. The Morgan fingerprint density at radius 3 is 2.97 bits per heavy atom. The maximum atomic E-state index is 12.7. The van der Waals surface area contributed by atoms with Gasteiger partial charge in [0.25, 0.3) is 5.91 Å². The first-order valence-corrected chi connectivity index (χ1v) is 11.2. The van der Waals surface area contributed by atoms with Gasteiger partial charge in [-0.15, -0.1) is 16.4 Å². The number of hydrogen-bond acceptors (Lipinski definition) is 7. The molecule has 0 aromatic carbocycles. The summed E-state index contributed by atoms with van der Waals surface area (Å²) in [7, 11) is 0. The Hall–Kier alpha value is -2.10. The molecule has 8 nitrogen and oxygen atoms in total. The van der Waals surface area contributed by atoms with Crippen LogP contribution >= 0.6 is 11.3 Å². The molecule has 1 aliphatic heterocycles. The zero-order chi connectivity index (χ0) is 20.0. The van der Waals surface area contributed by atoms with Crippen molar-refractivity contribution in [2.75, 3.05) is 39.4 Å². The van der Waals surface area contributed by atoms with E-state index in [0.717, 1.165) is 67.4 Å². The molecule has 1 aliphatic carbocycles. The van der Waals surface area contributed by atoms with Crippen molar-refractivity contribution in [1.29, 1.82) is 0 Å². The van der Waals surface area contributed by atoms with E-state index in [1.165, 1.54) is 16.9 Å². The van der Waals surface area contributed by atoms with Crippen LogP contribution in [-0.4, -0.2) is 69.8 Å². The van der Waals surface area contributed by atoms with Gasteiger partial charge in [-0.1, -0.05) is 6.92 Å². The Morgan fingerprint density at radius 1 is 1.31 bits per heavy atom. The highest BCUT2D eigenvalue weighted by molar-refractivity contribution is 7.19. The second kappa shape index (κ2) is 7.62. The van der Waals surface area contributed by atoms with Crippen LogP contribution in [0, 0.1) is 12.8 Å². The average molecular weight is 415 g/mol. The number of fused-ring (bicyclic) bond motifs is 5. The number of thiophene rings is 1. The average Bonchev–Trinajstić information content (AvgIpc) is 3.30. The summed E-state index contributed by atoms with van der Waals surface area (Å²) in [5.74, 6) is 1.41. The molecule has 2 aliphatic rings. The van der Waals surface area contributed by atoms with Crippen LogP contribution in [-0.2, 0) is 17.6 Å². The second-order valence-corrected chi connectivity index (χ2v) is 9.16. The van der Waals surface area contributed by atoms with Crippen LogP contribution in [0.25, 0.3) is 15.9 Å². The van der Waals surface area contributed by atoms with Gasteiger partial charge in [0, 0.05) is 31.1 Å². The normalized spacial score (nSPS) is 20.3. The van der Waals surface area contributed by atoms with Crippen LogP contribution in [0.3, 0.4) is 0 Å². The number of ether oxygens (including phenoxy) is 1. The highest BCUT2D eigenvalue weighted by atomic mass is 32.1. The minimum absolute atomic E-state index is 0.216. The van der Waals surface area contributed by atoms with Crippen molar-refractivity contribution in [3.05, 3.63) is 22.1 Å². The smallest absolute Gasteiger partial charge is 0.291 e. The lowest BCUT2D eigenvalue weighted by Crippen LogP contribution is -2.41. The van der Waals surface area contributed by atoms with E-state index < -0.39 is 0 Å². The zero-order valence-electron chi connectivity index (χ0n) is 16.9. The summed E-state index contributed by atoms with van der Waals surface area (Å²) in [6, 6.07) is 0. The van der Waals surface area contributed by atoms with Crippen LogP contribution in [0.2, 0.25) is 0 Å². The van der Waals surface area contributed by atoms with Gasteiger partial charge in [-0.2, -0.15) is 4.52 Å². The molecule has 5 rings (SSSR count). The SMILES string of the molecule is Cc1nc2sc3c(c2c2nc(C(=O)NCCN4CCOCC4)nn12)C[C@@H](C)CC3. The molecule has 0 radical (unpaired) electrons. The largest absolute Gasteiger partial charge is 0.379 e. The summed E-state index contributed by atoms with van der Waals surface area (Å²) in [5.41, 5.74) is 2.12. The van der Waals surface area contributed by atoms with Crippen molar-refractivity contribution in [2.45, 2.75) is 33.1 Å². The van der Waals surface area contributed by atoms with Crippen molar-refractivity contribution in [2.24, 2.45) is 5.92 Å². The highest BCUT2D eigenvalue weighted by Gasteiger charge is 2.25. The number of hydrogen-bond donors (Lipinski definition) is 1. The van der Waals surface area contributed by atoms with Gasteiger partial charge in [-0.05, 0) is 37.7 Å². The number of rotatable bonds is 4. The molecular weight excluding hydrogens is 388 g/mol. The van der Waals surface area contributed by atoms with E-state index in [1.54, 1.807) is 15.9 Å². The van der Waals surface area contributed by atoms with Crippen molar-refractivity contribution in [1.82, 2.24) is 29.8 Å². The molecule has 3 aromatic heterocycles. The summed E-state index contributed by atoms with van der Waals surface area (Å²) in [6.07, 6.45) is 3.37. The van der Waals surface area contributed by atoms with E-state index >= 15 is 0 Å². The lowest BCUT2D eigenvalue weighted by Gasteiger charge is -2.26. The first kappa shape index (κ1) is 18.9. The molecule has 1 saturated heterocycles. The topological polar surface area (TPSA) is 84.7 Å². The number of nitrogens with zero attached hydrogens (tertiary/aromatic N) is 5. The highest BCUT2D eigenvalue weighted by Crippen LogP contribution is 2.38. The first-order chi connectivity index (χ1) is 14.1. The molecule has 1 fully saturated rings. The van der Waals surface area contributed by atoms with Crippen molar-refractivity contribution in [3.63, 3.8) is 0 Å². The number of aromatic nitrogens is 4. The van der Waals surface area contributed by atoms with Gasteiger partial charge in [0.15, 0.2) is 5.65 Å². The molecule has 0 spiro atoms. The minimum atomic E-state index is -0.230. The van der Waals surface area contributed by atoms with Crippen molar-refractivity contribution < 1.29 is 9.53 Å². The minimum Gasteiger partial charge on any atom is -0.379 e. The fourth-order valence-electron chi connectivity index (χ4n) is 4.27. The Balaban J connectivity index is 1.41. The summed E-state index contributed by atoms with van der Waals surface area (Å²) in [5, 5.41) is 8.52. The van der Waals surface area contributed by atoms with E-state index in [2.05, 4.69) is 27.2 Å². The summed E-state index contributed by atoms with van der Waals surface area (Å²) in [4.78, 5) is 26.8. The van der Waals surface area contributed by atoms with Crippen LogP contribution in [0.4, 0.5) is 0 Å². The molecule has 0 unspecified atom stereocenters. The Labute approximate surface area is 173 Å². The van der Waals surface area contributed by atoms with Gasteiger partial charge in [-0.25, -0.2) is 9.97 Å². The van der Waals surface area contributed by atoms with E-state index in [9.17, 15) is 4.79 Å². The van der Waals surface area contributed by atoms with Crippen LogP contribution < -0.4 is 5.32 Å². The zero-order valence-corrected chi connectivity index (χ0v) is 17.7. The predicted molar refractivity (Wildman–Crippen MR) is 112 cm³/mol. The summed E-state index contributed by atoms with van der Waals surface area (Å²) < 4.78 is 7.09. The van der Waals surface area contributed by atoms with Gasteiger partial charge in [0.2, 0.25) is 5.82 Å². The molecule has 1 N–H and O–H groups in total. The standard InChI is InChI=1S/C20H26N6O2S/c1-12-3-4-15-14(11-12)16-18-23-17(24-26(18)13(2)22-20(16)29-15)19(27)21-5-6-25-7-9-28-10-8-25/h12H,3-11H2,1-2H3,(H,21,27)/t12-/m0/s1. The van der Waals surface area contributed by atoms with Crippen LogP contribution in [0.5, 0.6) is 0 Å². The van der Waals surface area contributed by atoms with Gasteiger partial charge in [-0.3, -0.25) is 9.69 Å². The number of morpholine rings is 1. The third kappa shape index (κ3) is 3.51. The molecule has 9 heteroatoms. The molecule has 1 atom stereocenters. The maximum Gasteiger partial charge on any atom is 0.291 e. The number of carbonyl (C=O) groups excluding carboxylic acids is 1. The summed E-state index contributed by atoms with van der Waals surface area (Å²) >= 11 is 1.77. The van der Waals surface area contributed by atoms with E-state index in [-0.39, 0.29) is 11.7 Å². The van der Waals surface area contributed by atoms with E-state index in [1.807, 2.05) is 6.92 Å². The fraction of sp³-hybridized carbons (Fsp3) is 0.600. The fourth-order valence-corrected chi connectivity index (χ4v) is 5.53. The molecule has 3 aromatic rings. The number of carbonyl (C=O) groups is 1. The second-order valence-electron chi connectivity index (χ2n) is 8.07. The van der Waals surface area contributed by atoms with Crippen LogP contribution in [0.15, 0.2) is 0 Å². The van der Waals surface area contributed by atoms with Crippen LogP contribution in [0.1, 0.15) is 40.2 Å². The third-order valence-electron chi connectivity index (χ3n) is 5.91. The van der Waals surface area contributed by atoms with E-state index in [0.29, 0.717) is 12.5 Å². The maximum absolute atomic E-state index is 12.7. The number of nitrogens with one attached hydrogen (secondary N) is 1. The molecule has 4 heterocycles. The molecule has 0 saturated carbocycles.